The van der Waals surface area contributed by atoms with Crippen molar-refractivity contribution in [3.8, 4) is 0 Å². The lowest BCUT2D eigenvalue weighted by Gasteiger charge is -2.26. The van der Waals surface area contributed by atoms with Crippen LogP contribution in [0.5, 0.6) is 0 Å². The zero-order valence-electron chi connectivity index (χ0n) is 13.9. The lowest BCUT2D eigenvalue weighted by atomic mass is 9.90. The van der Waals surface area contributed by atoms with Gasteiger partial charge in [-0.2, -0.15) is 0 Å². The van der Waals surface area contributed by atoms with Crippen LogP contribution in [0, 0.1) is 5.41 Å². The third-order valence-electron chi connectivity index (χ3n) is 4.55. The summed E-state index contributed by atoms with van der Waals surface area (Å²) < 4.78 is 23.6. The van der Waals surface area contributed by atoms with E-state index in [0.717, 1.165) is 25.8 Å². The van der Waals surface area contributed by atoms with Crippen molar-refractivity contribution >= 4 is 21.4 Å². The molecular weight excluding hydrogens is 314 g/mol. The number of likely N-dealkylation sites (tertiary alicyclic amines) is 1. The van der Waals surface area contributed by atoms with Crippen molar-refractivity contribution in [1.29, 1.82) is 0 Å². The van der Waals surface area contributed by atoms with Crippen LogP contribution in [-0.4, -0.2) is 51.2 Å². The van der Waals surface area contributed by atoms with Crippen molar-refractivity contribution in [2.24, 2.45) is 11.1 Å². The molecule has 2 atom stereocenters. The van der Waals surface area contributed by atoms with Gasteiger partial charge in [-0.25, -0.2) is 8.42 Å². The summed E-state index contributed by atoms with van der Waals surface area (Å²) in [4.78, 5) is 14.7. The van der Waals surface area contributed by atoms with Gasteiger partial charge in [-0.3, -0.25) is 9.69 Å². The second kappa shape index (κ2) is 6.59. The molecule has 3 N–H and O–H groups in total. The van der Waals surface area contributed by atoms with Gasteiger partial charge in [0.1, 0.15) is 0 Å². The van der Waals surface area contributed by atoms with Crippen molar-refractivity contribution in [3.63, 3.8) is 0 Å². The number of rotatable bonds is 5. The van der Waals surface area contributed by atoms with Gasteiger partial charge in [-0.15, -0.1) is 0 Å². The Bertz CT molecular complexity index is 690. The summed E-state index contributed by atoms with van der Waals surface area (Å²) in [6.45, 7) is 6.13. The van der Waals surface area contributed by atoms with Gasteiger partial charge in [0.2, 0.25) is 5.91 Å². The van der Waals surface area contributed by atoms with Crippen molar-refractivity contribution < 1.29 is 13.2 Å². The van der Waals surface area contributed by atoms with Crippen molar-refractivity contribution in [3.05, 3.63) is 24.3 Å². The fourth-order valence-electron chi connectivity index (χ4n) is 2.86. The van der Waals surface area contributed by atoms with Crippen LogP contribution in [0.1, 0.15) is 20.3 Å². The van der Waals surface area contributed by atoms with Gasteiger partial charge in [0.15, 0.2) is 9.84 Å². The predicted molar refractivity (Wildman–Crippen MR) is 91.0 cm³/mol. The molecule has 1 fully saturated rings. The number of amides is 1. The minimum Gasteiger partial charge on any atom is -0.330 e. The van der Waals surface area contributed by atoms with Gasteiger partial charge >= 0.3 is 0 Å². The lowest BCUT2D eigenvalue weighted by molar-refractivity contribution is -0.120. The van der Waals surface area contributed by atoms with E-state index in [9.17, 15) is 13.2 Å². The molecule has 2 unspecified atom stereocenters. The summed E-state index contributed by atoms with van der Waals surface area (Å²) >= 11 is 0. The molecule has 0 radical (unpaired) electrons. The summed E-state index contributed by atoms with van der Waals surface area (Å²) in [6, 6.07) is 6.11. The minimum atomic E-state index is -3.39. The number of hydrogen-bond acceptors (Lipinski definition) is 5. The SMILES string of the molecule is CC(C(=O)Nc1ccccc1S(C)(=O)=O)N1CCC(C)(CN)C1. The van der Waals surface area contributed by atoms with Crippen LogP contribution in [-0.2, 0) is 14.6 Å². The molecule has 23 heavy (non-hydrogen) atoms. The number of nitrogens with one attached hydrogen (secondary N) is 1. The number of para-hydroxylation sites is 1. The maximum atomic E-state index is 12.5. The molecule has 0 saturated carbocycles. The number of nitrogens with two attached hydrogens (primary N) is 1. The van der Waals surface area contributed by atoms with E-state index in [0.29, 0.717) is 12.2 Å². The summed E-state index contributed by atoms with van der Waals surface area (Å²) in [5, 5.41) is 2.75. The maximum Gasteiger partial charge on any atom is 0.241 e. The average molecular weight is 339 g/mol. The number of carbonyl (C=O) groups is 1. The second-order valence-electron chi connectivity index (χ2n) is 6.67. The van der Waals surface area contributed by atoms with Gasteiger partial charge in [0.05, 0.1) is 16.6 Å². The van der Waals surface area contributed by atoms with Gasteiger partial charge < -0.3 is 11.1 Å². The number of sulfone groups is 1. The van der Waals surface area contributed by atoms with E-state index in [1.54, 1.807) is 18.2 Å². The molecule has 0 aromatic heterocycles. The standard InChI is InChI=1S/C16H25N3O3S/c1-12(19-9-8-16(2,10-17)11-19)15(20)18-13-6-4-5-7-14(13)23(3,21)22/h4-7,12H,8-11,17H2,1-3H3,(H,18,20). The van der Waals surface area contributed by atoms with Gasteiger partial charge in [0, 0.05) is 12.8 Å². The molecule has 1 aromatic carbocycles. The van der Waals surface area contributed by atoms with Gasteiger partial charge in [-0.05, 0) is 44.0 Å². The maximum absolute atomic E-state index is 12.5. The van der Waals surface area contributed by atoms with Crippen molar-refractivity contribution in [2.45, 2.75) is 31.2 Å². The summed E-state index contributed by atoms with van der Waals surface area (Å²) in [5.41, 5.74) is 6.17. The van der Waals surface area contributed by atoms with E-state index in [1.807, 2.05) is 6.92 Å². The van der Waals surface area contributed by atoms with E-state index < -0.39 is 9.84 Å². The first kappa shape index (κ1) is 17.9. The van der Waals surface area contributed by atoms with Gasteiger partial charge in [0.25, 0.3) is 0 Å². The first-order valence-corrected chi connectivity index (χ1v) is 9.59. The molecule has 7 heteroatoms. The predicted octanol–water partition coefficient (Wildman–Crippen LogP) is 1.09. The van der Waals surface area contributed by atoms with Crippen molar-refractivity contribution in [2.75, 3.05) is 31.2 Å². The summed E-state index contributed by atoms with van der Waals surface area (Å²) in [7, 11) is -3.39. The van der Waals surface area contributed by atoms with Crippen LogP contribution < -0.4 is 11.1 Å². The van der Waals surface area contributed by atoms with E-state index in [1.165, 1.54) is 6.07 Å². The highest BCUT2D eigenvalue weighted by atomic mass is 32.2. The summed E-state index contributed by atoms with van der Waals surface area (Å²) in [5.74, 6) is -0.206. The Morgan fingerprint density at radius 2 is 2.09 bits per heavy atom. The first-order chi connectivity index (χ1) is 10.7. The Morgan fingerprint density at radius 1 is 1.43 bits per heavy atom. The highest BCUT2D eigenvalue weighted by molar-refractivity contribution is 7.90. The lowest BCUT2D eigenvalue weighted by Crippen LogP contribution is -2.42. The third-order valence-corrected chi connectivity index (χ3v) is 5.71. The van der Waals surface area contributed by atoms with Crippen LogP contribution in [0.3, 0.4) is 0 Å². The zero-order chi connectivity index (χ0) is 17.3. The topological polar surface area (TPSA) is 92.5 Å². The average Bonchev–Trinajstić information content (AvgIpc) is 2.89. The molecule has 2 rings (SSSR count). The number of benzene rings is 1. The molecule has 0 spiro atoms. The Balaban J connectivity index is 2.12. The minimum absolute atomic E-state index is 0.0409. The monoisotopic (exact) mass is 339 g/mol. The van der Waals surface area contributed by atoms with E-state index >= 15 is 0 Å². The van der Waals surface area contributed by atoms with Crippen LogP contribution in [0.2, 0.25) is 0 Å². The highest BCUT2D eigenvalue weighted by Gasteiger charge is 2.36. The van der Waals surface area contributed by atoms with E-state index in [2.05, 4.69) is 17.1 Å². The normalized spacial score (nSPS) is 23.7. The van der Waals surface area contributed by atoms with Gasteiger partial charge in [-0.1, -0.05) is 19.1 Å². The quantitative estimate of drug-likeness (QED) is 0.838. The number of anilines is 1. The molecule has 1 aliphatic rings. The third kappa shape index (κ3) is 4.10. The molecule has 0 bridgehead atoms. The number of hydrogen-bond donors (Lipinski definition) is 2. The Kier molecular flexibility index (Phi) is 5.13. The van der Waals surface area contributed by atoms with Crippen LogP contribution in [0.4, 0.5) is 5.69 Å². The smallest absolute Gasteiger partial charge is 0.241 e. The Morgan fingerprint density at radius 3 is 2.65 bits per heavy atom. The Hall–Kier alpha value is -1.44. The molecule has 1 heterocycles. The number of nitrogens with zero attached hydrogens (tertiary/aromatic N) is 1. The first-order valence-electron chi connectivity index (χ1n) is 7.70. The van der Waals surface area contributed by atoms with Crippen LogP contribution in [0.25, 0.3) is 0 Å². The molecular formula is C16H25N3O3S. The van der Waals surface area contributed by atoms with E-state index in [4.69, 9.17) is 5.73 Å². The molecule has 1 aromatic rings. The Labute approximate surface area is 138 Å². The zero-order valence-corrected chi connectivity index (χ0v) is 14.7. The molecule has 1 aliphatic heterocycles. The highest BCUT2D eigenvalue weighted by Crippen LogP contribution is 2.30. The molecule has 0 aliphatic carbocycles. The molecule has 128 valence electrons. The summed E-state index contributed by atoms with van der Waals surface area (Å²) in [6.07, 6.45) is 2.09. The van der Waals surface area contributed by atoms with Crippen LogP contribution >= 0.6 is 0 Å². The molecule has 1 amide bonds. The van der Waals surface area contributed by atoms with Crippen molar-refractivity contribution in [1.82, 2.24) is 4.90 Å². The largest absolute Gasteiger partial charge is 0.330 e. The fraction of sp³-hybridized carbons (Fsp3) is 0.562. The van der Waals surface area contributed by atoms with Crippen LogP contribution in [0.15, 0.2) is 29.2 Å². The molecule has 6 nitrogen and oxygen atoms in total. The number of carbonyl (C=O) groups excluding carboxylic acids is 1. The van der Waals surface area contributed by atoms with E-state index in [-0.39, 0.29) is 22.3 Å². The molecule has 1 saturated heterocycles. The second-order valence-corrected chi connectivity index (χ2v) is 8.65. The fourth-order valence-corrected chi connectivity index (χ4v) is 3.70.